The van der Waals surface area contributed by atoms with E-state index in [1.165, 1.54) is 36.8 Å². The minimum Gasteiger partial charge on any atom is -0.352 e. The summed E-state index contributed by atoms with van der Waals surface area (Å²) in [5.41, 5.74) is 3.35. The van der Waals surface area contributed by atoms with E-state index in [9.17, 15) is 4.79 Å². The number of alkyl halides is 1. The van der Waals surface area contributed by atoms with Crippen molar-refractivity contribution in [2.45, 2.75) is 43.4 Å². The van der Waals surface area contributed by atoms with Gasteiger partial charge in [0.25, 0.3) is 5.91 Å². The number of hydrogen-bond donors (Lipinski definition) is 1. The van der Waals surface area contributed by atoms with E-state index < -0.39 is 0 Å². The monoisotopic (exact) mass is 321 g/mol. The highest BCUT2D eigenvalue weighted by atomic mass is 79.9. The molecule has 0 radical (unpaired) electrons. The molecule has 1 aliphatic heterocycles. The van der Waals surface area contributed by atoms with Crippen molar-refractivity contribution in [3.63, 3.8) is 0 Å². The molecule has 3 rings (SSSR count). The molecule has 1 unspecified atom stereocenters. The third-order valence-electron chi connectivity index (χ3n) is 4.42. The van der Waals surface area contributed by atoms with Crippen molar-refractivity contribution >= 4 is 21.8 Å². The maximum Gasteiger partial charge on any atom is 0.251 e. The SMILES string of the molecule is O=C1NCCCc2ccc(C(Br)C3CCCC3)cc21. The Hall–Kier alpha value is -0.830. The second-order valence-corrected chi connectivity index (χ2v) is 6.71. The third kappa shape index (κ3) is 2.71. The number of halogens is 1. The van der Waals surface area contributed by atoms with Gasteiger partial charge in [0, 0.05) is 16.9 Å². The number of aryl methyl sites for hydroxylation is 1. The van der Waals surface area contributed by atoms with Crippen molar-refractivity contribution in [2.75, 3.05) is 6.54 Å². The standard InChI is InChI=1S/C16H20BrNO/c17-15(12-4-1-2-5-12)13-8-7-11-6-3-9-18-16(19)14(11)10-13/h7-8,10,12,15H,1-6,9H2,(H,18,19). The Balaban J connectivity index is 1.89. The largest absolute Gasteiger partial charge is 0.352 e. The first kappa shape index (κ1) is 13.2. The molecule has 2 nitrogen and oxygen atoms in total. The normalized spacial score (nSPS) is 21.6. The van der Waals surface area contributed by atoms with Gasteiger partial charge in [0.1, 0.15) is 0 Å². The fraction of sp³-hybridized carbons (Fsp3) is 0.562. The van der Waals surface area contributed by atoms with Gasteiger partial charge in [-0.1, -0.05) is 40.9 Å². The van der Waals surface area contributed by atoms with Crippen LogP contribution in [0.3, 0.4) is 0 Å². The van der Waals surface area contributed by atoms with Gasteiger partial charge in [-0.05, 0) is 48.8 Å². The van der Waals surface area contributed by atoms with Crippen LogP contribution in [0.15, 0.2) is 18.2 Å². The minimum atomic E-state index is 0.0977. The molecule has 1 aliphatic carbocycles. The summed E-state index contributed by atoms with van der Waals surface area (Å²) in [7, 11) is 0. The lowest BCUT2D eigenvalue weighted by atomic mass is 9.94. The quantitative estimate of drug-likeness (QED) is 0.820. The lowest BCUT2D eigenvalue weighted by Gasteiger charge is -2.19. The zero-order valence-corrected chi connectivity index (χ0v) is 12.7. The number of fused-ring (bicyclic) bond motifs is 1. The van der Waals surface area contributed by atoms with Crippen molar-refractivity contribution in [1.29, 1.82) is 0 Å². The van der Waals surface area contributed by atoms with E-state index in [0.717, 1.165) is 30.9 Å². The van der Waals surface area contributed by atoms with Crippen LogP contribution in [0.4, 0.5) is 0 Å². The number of rotatable bonds is 2. The molecule has 1 N–H and O–H groups in total. The van der Waals surface area contributed by atoms with E-state index in [0.29, 0.717) is 4.83 Å². The fourth-order valence-corrected chi connectivity index (χ4v) is 4.11. The third-order valence-corrected chi connectivity index (χ3v) is 5.70. The fourth-order valence-electron chi connectivity index (χ4n) is 3.29. The van der Waals surface area contributed by atoms with Crippen molar-refractivity contribution in [1.82, 2.24) is 5.32 Å². The van der Waals surface area contributed by atoms with Crippen LogP contribution in [0.5, 0.6) is 0 Å². The van der Waals surface area contributed by atoms with E-state index >= 15 is 0 Å². The lowest BCUT2D eigenvalue weighted by molar-refractivity contribution is 0.0956. The highest BCUT2D eigenvalue weighted by Crippen LogP contribution is 2.41. The molecular formula is C16H20BrNO. The molecule has 102 valence electrons. The molecule has 1 amide bonds. The van der Waals surface area contributed by atoms with Crippen molar-refractivity contribution in [3.05, 3.63) is 34.9 Å². The Morgan fingerprint density at radius 2 is 2.00 bits per heavy atom. The van der Waals surface area contributed by atoms with Gasteiger partial charge in [-0.2, -0.15) is 0 Å². The molecule has 2 aliphatic rings. The molecule has 19 heavy (non-hydrogen) atoms. The van der Waals surface area contributed by atoms with Gasteiger partial charge in [-0.25, -0.2) is 0 Å². The highest BCUT2D eigenvalue weighted by Gasteiger charge is 2.25. The zero-order valence-electron chi connectivity index (χ0n) is 11.1. The predicted octanol–water partition coefficient (Wildman–Crippen LogP) is 3.99. The number of benzene rings is 1. The van der Waals surface area contributed by atoms with Crippen LogP contribution in [0.25, 0.3) is 0 Å². The summed E-state index contributed by atoms with van der Waals surface area (Å²) in [4.78, 5) is 12.5. The Labute approximate surface area is 123 Å². The van der Waals surface area contributed by atoms with Crippen LogP contribution in [0.2, 0.25) is 0 Å². The van der Waals surface area contributed by atoms with Gasteiger partial charge in [0.2, 0.25) is 0 Å². The van der Waals surface area contributed by atoms with E-state index in [1.807, 2.05) is 0 Å². The second kappa shape index (κ2) is 5.66. The topological polar surface area (TPSA) is 29.1 Å². The number of carbonyl (C=O) groups is 1. The summed E-state index contributed by atoms with van der Waals surface area (Å²) in [6.07, 6.45) is 7.35. The lowest BCUT2D eigenvalue weighted by Crippen LogP contribution is -2.22. The van der Waals surface area contributed by atoms with Crippen LogP contribution >= 0.6 is 15.9 Å². The second-order valence-electron chi connectivity index (χ2n) is 5.72. The van der Waals surface area contributed by atoms with E-state index in [-0.39, 0.29) is 5.91 Å². The number of nitrogens with one attached hydrogen (secondary N) is 1. The molecule has 0 spiro atoms. The Morgan fingerprint density at radius 3 is 2.79 bits per heavy atom. The van der Waals surface area contributed by atoms with Crippen LogP contribution in [-0.4, -0.2) is 12.5 Å². The Kier molecular flexibility index (Phi) is 3.92. The summed E-state index contributed by atoms with van der Waals surface area (Å²) in [6.45, 7) is 0.795. The zero-order chi connectivity index (χ0) is 13.2. The molecule has 1 atom stereocenters. The molecule has 1 aromatic rings. The van der Waals surface area contributed by atoms with E-state index in [4.69, 9.17) is 0 Å². The van der Waals surface area contributed by atoms with E-state index in [2.05, 4.69) is 39.4 Å². The molecule has 0 aromatic heterocycles. The first-order valence-corrected chi connectivity index (χ1v) is 8.22. The summed E-state index contributed by atoms with van der Waals surface area (Å²) in [5.74, 6) is 0.826. The molecule has 1 saturated carbocycles. The first-order valence-electron chi connectivity index (χ1n) is 7.31. The predicted molar refractivity (Wildman–Crippen MR) is 80.7 cm³/mol. The van der Waals surface area contributed by atoms with E-state index in [1.54, 1.807) is 0 Å². The number of carbonyl (C=O) groups excluding carboxylic acids is 1. The summed E-state index contributed by atoms with van der Waals surface area (Å²) < 4.78 is 0. The molecule has 0 bridgehead atoms. The molecule has 3 heteroatoms. The smallest absolute Gasteiger partial charge is 0.251 e. The molecule has 1 aromatic carbocycles. The van der Waals surface area contributed by atoms with Crippen molar-refractivity contribution < 1.29 is 4.79 Å². The van der Waals surface area contributed by atoms with Crippen molar-refractivity contribution in [2.24, 2.45) is 5.92 Å². The Morgan fingerprint density at radius 1 is 1.21 bits per heavy atom. The maximum absolute atomic E-state index is 12.1. The van der Waals surface area contributed by atoms with Crippen LogP contribution < -0.4 is 5.32 Å². The molecule has 1 fully saturated rings. The summed E-state index contributed by atoms with van der Waals surface area (Å²) in [5, 5.41) is 2.98. The molecule has 0 saturated heterocycles. The minimum absolute atomic E-state index is 0.0977. The highest BCUT2D eigenvalue weighted by molar-refractivity contribution is 9.09. The van der Waals surface area contributed by atoms with Crippen molar-refractivity contribution in [3.8, 4) is 0 Å². The Bertz CT molecular complexity index is 480. The average Bonchev–Trinajstić information content (AvgIpc) is 2.90. The van der Waals surface area contributed by atoms with Gasteiger partial charge in [-0.3, -0.25) is 4.79 Å². The van der Waals surface area contributed by atoms with Crippen LogP contribution in [-0.2, 0) is 6.42 Å². The average molecular weight is 322 g/mol. The van der Waals surface area contributed by atoms with Gasteiger partial charge in [0.15, 0.2) is 0 Å². The molecule has 1 heterocycles. The maximum atomic E-state index is 12.1. The van der Waals surface area contributed by atoms with Crippen LogP contribution in [0, 0.1) is 5.92 Å². The van der Waals surface area contributed by atoms with Crippen LogP contribution in [0.1, 0.15) is 58.4 Å². The van der Waals surface area contributed by atoms with Gasteiger partial charge in [-0.15, -0.1) is 0 Å². The van der Waals surface area contributed by atoms with Gasteiger partial charge >= 0.3 is 0 Å². The number of hydrogen-bond acceptors (Lipinski definition) is 1. The molecular weight excluding hydrogens is 302 g/mol. The summed E-state index contributed by atoms with van der Waals surface area (Å²) in [6, 6.07) is 6.46. The number of amides is 1. The summed E-state index contributed by atoms with van der Waals surface area (Å²) >= 11 is 3.85. The van der Waals surface area contributed by atoms with Gasteiger partial charge in [0.05, 0.1) is 0 Å². The first-order chi connectivity index (χ1) is 9.25. The van der Waals surface area contributed by atoms with Gasteiger partial charge < -0.3 is 5.32 Å².